The second-order valence-electron chi connectivity index (χ2n) is 2.75. The maximum Gasteiger partial charge on any atom is 0.433 e. The molecule has 0 saturated carbocycles. The number of halogens is 1. The van der Waals surface area contributed by atoms with Crippen molar-refractivity contribution in [3.63, 3.8) is 0 Å². The van der Waals surface area contributed by atoms with Gasteiger partial charge < -0.3 is 4.42 Å². The van der Waals surface area contributed by atoms with Crippen LogP contribution < -0.4 is 0 Å². The molecule has 1 atom stereocenters. The van der Waals surface area contributed by atoms with Crippen LogP contribution in [0.2, 0.25) is 0 Å². The lowest BCUT2D eigenvalue weighted by atomic mass is 10.1. The van der Waals surface area contributed by atoms with E-state index in [4.69, 9.17) is 16.0 Å². The summed E-state index contributed by atoms with van der Waals surface area (Å²) >= 11 is 5.54. The molecule has 1 aromatic rings. The molecule has 0 saturated heterocycles. The van der Waals surface area contributed by atoms with Crippen LogP contribution in [0.4, 0.5) is 5.88 Å². The molecule has 1 heterocycles. The standard InChI is InChI=1S/C8H8ClNO4/c1-5(11)6(4-9)7-2-3-8(14-7)10(12)13/h2-3,6H,4H2,1H3. The first-order chi connectivity index (χ1) is 6.56. The van der Waals surface area contributed by atoms with Gasteiger partial charge in [0.15, 0.2) is 0 Å². The summed E-state index contributed by atoms with van der Waals surface area (Å²) in [5.41, 5.74) is 0. The Morgan fingerprint density at radius 2 is 2.36 bits per heavy atom. The summed E-state index contributed by atoms with van der Waals surface area (Å²) in [4.78, 5) is 20.7. The maximum absolute atomic E-state index is 11.0. The van der Waals surface area contributed by atoms with E-state index in [-0.39, 0.29) is 23.3 Å². The average molecular weight is 218 g/mol. The Morgan fingerprint density at radius 3 is 2.71 bits per heavy atom. The largest absolute Gasteiger partial charge is 0.433 e. The third kappa shape index (κ3) is 2.11. The number of ketones is 1. The minimum Gasteiger partial charge on any atom is -0.405 e. The second kappa shape index (κ2) is 4.23. The lowest BCUT2D eigenvalue weighted by Gasteiger charge is -2.04. The second-order valence-corrected chi connectivity index (χ2v) is 3.06. The Labute approximate surface area is 84.8 Å². The van der Waals surface area contributed by atoms with Crippen LogP contribution in [0.25, 0.3) is 0 Å². The first-order valence-electron chi connectivity index (χ1n) is 3.86. The van der Waals surface area contributed by atoms with E-state index in [1.807, 2.05) is 0 Å². The normalized spacial score (nSPS) is 12.4. The van der Waals surface area contributed by atoms with Gasteiger partial charge in [-0.2, -0.15) is 0 Å². The third-order valence-corrected chi connectivity index (χ3v) is 2.09. The summed E-state index contributed by atoms with van der Waals surface area (Å²) in [5.74, 6) is -0.870. The smallest absolute Gasteiger partial charge is 0.405 e. The van der Waals surface area contributed by atoms with Gasteiger partial charge >= 0.3 is 5.88 Å². The Bertz CT molecular complexity index is 360. The van der Waals surface area contributed by atoms with Gasteiger partial charge in [-0.25, -0.2) is 0 Å². The summed E-state index contributed by atoms with van der Waals surface area (Å²) in [7, 11) is 0. The molecular weight excluding hydrogens is 210 g/mol. The van der Waals surface area contributed by atoms with Gasteiger partial charge in [0.1, 0.15) is 16.5 Å². The quantitative estimate of drug-likeness (QED) is 0.440. The number of rotatable bonds is 4. The van der Waals surface area contributed by atoms with Gasteiger partial charge in [-0.05, 0) is 13.0 Å². The molecule has 0 N–H and O–H groups in total. The Morgan fingerprint density at radius 1 is 1.71 bits per heavy atom. The van der Waals surface area contributed by atoms with Gasteiger partial charge in [0, 0.05) is 5.88 Å². The molecule has 0 aromatic carbocycles. The Kier molecular flexibility index (Phi) is 3.24. The molecule has 76 valence electrons. The highest BCUT2D eigenvalue weighted by Gasteiger charge is 2.22. The monoisotopic (exact) mass is 217 g/mol. The average Bonchev–Trinajstić information content (AvgIpc) is 2.53. The topological polar surface area (TPSA) is 73.3 Å². The molecule has 1 rings (SSSR count). The third-order valence-electron chi connectivity index (χ3n) is 1.78. The van der Waals surface area contributed by atoms with E-state index >= 15 is 0 Å². The van der Waals surface area contributed by atoms with Crippen LogP contribution in [0.5, 0.6) is 0 Å². The highest BCUT2D eigenvalue weighted by atomic mass is 35.5. The van der Waals surface area contributed by atoms with Crippen molar-refractivity contribution in [1.82, 2.24) is 0 Å². The van der Waals surface area contributed by atoms with Gasteiger partial charge in [-0.1, -0.05) is 0 Å². The number of carbonyl (C=O) groups is 1. The molecule has 0 fully saturated rings. The number of hydrogen-bond acceptors (Lipinski definition) is 4. The van der Waals surface area contributed by atoms with Crippen LogP contribution in [0.1, 0.15) is 18.6 Å². The molecule has 0 spiro atoms. The van der Waals surface area contributed by atoms with Crippen molar-refractivity contribution < 1.29 is 14.1 Å². The van der Waals surface area contributed by atoms with E-state index in [0.717, 1.165) is 0 Å². The number of nitro groups is 1. The fraction of sp³-hybridized carbons (Fsp3) is 0.375. The van der Waals surface area contributed by atoms with Crippen molar-refractivity contribution in [2.45, 2.75) is 12.8 Å². The number of alkyl halides is 1. The summed E-state index contributed by atoms with van der Waals surface area (Å²) in [6.07, 6.45) is 0. The molecule has 0 radical (unpaired) electrons. The zero-order chi connectivity index (χ0) is 10.7. The molecule has 5 nitrogen and oxygen atoms in total. The number of nitrogens with zero attached hydrogens (tertiary/aromatic N) is 1. The minimum absolute atomic E-state index is 0.0556. The van der Waals surface area contributed by atoms with Crippen LogP contribution in [0.15, 0.2) is 16.5 Å². The van der Waals surface area contributed by atoms with Crippen molar-refractivity contribution >= 4 is 23.3 Å². The lowest BCUT2D eigenvalue weighted by Crippen LogP contribution is -2.09. The highest BCUT2D eigenvalue weighted by molar-refractivity contribution is 6.20. The van der Waals surface area contributed by atoms with Gasteiger partial charge in [-0.3, -0.25) is 14.9 Å². The van der Waals surface area contributed by atoms with Crippen LogP contribution in [0, 0.1) is 10.1 Å². The molecule has 0 aliphatic carbocycles. The zero-order valence-electron chi connectivity index (χ0n) is 7.40. The summed E-state index contributed by atoms with van der Waals surface area (Å²) in [6.45, 7) is 1.36. The molecule has 14 heavy (non-hydrogen) atoms. The molecule has 1 aromatic heterocycles. The molecule has 0 bridgehead atoms. The van der Waals surface area contributed by atoms with E-state index in [9.17, 15) is 14.9 Å². The first-order valence-corrected chi connectivity index (χ1v) is 4.40. The predicted octanol–water partition coefficient (Wildman–Crippen LogP) is 2.10. The van der Waals surface area contributed by atoms with E-state index < -0.39 is 10.8 Å². The Hall–Kier alpha value is -1.36. The zero-order valence-corrected chi connectivity index (χ0v) is 8.15. The fourth-order valence-electron chi connectivity index (χ4n) is 1.01. The van der Waals surface area contributed by atoms with Crippen molar-refractivity contribution in [3.05, 3.63) is 28.0 Å². The van der Waals surface area contributed by atoms with Crippen LogP contribution in [-0.4, -0.2) is 16.6 Å². The van der Waals surface area contributed by atoms with Gasteiger partial charge in [0.25, 0.3) is 0 Å². The van der Waals surface area contributed by atoms with Crippen molar-refractivity contribution in [1.29, 1.82) is 0 Å². The first kappa shape index (κ1) is 10.7. The predicted molar refractivity (Wildman–Crippen MR) is 49.5 cm³/mol. The number of furan rings is 1. The van der Waals surface area contributed by atoms with Crippen molar-refractivity contribution in [2.75, 3.05) is 5.88 Å². The molecule has 6 heteroatoms. The van der Waals surface area contributed by atoms with E-state index in [0.29, 0.717) is 0 Å². The molecule has 0 aliphatic heterocycles. The Balaban J connectivity index is 2.95. The van der Waals surface area contributed by atoms with Crippen molar-refractivity contribution in [2.24, 2.45) is 0 Å². The maximum atomic E-state index is 11.0. The molecule has 1 unspecified atom stereocenters. The number of hydrogen-bond donors (Lipinski definition) is 0. The molecule has 0 amide bonds. The van der Waals surface area contributed by atoms with Crippen LogP contribution in [0.3, 0.4) is 0 Å². The summed E-state index contributed by atoms with van der Waals surface area (Å²) < 4.78 is 4.86. The fourth-order valence-corrected chi connectivity index (χ4v) is 1.38. The number of Topliss-reactive ketones (excluding diaryl/α,β-unsaturated/α-hetero) is 1. The van der Waals surface area contributed by atoms with Crippen molar-refractivity contribution in [3.8, 4) is 0 Å². The van der Waals surface area contributed by atoms with E-state index in [1.165, 1.54) is 19.1 Å². The van der Waals surface area contributed by atoms with Crippen LogP contribution >= 0.6 is 11.6 Å². The van der Waals surface area contributed by atoms with E-state index in [2.05, 4.69) is 0 Å². The van der Waals surface area contributed by atoms with Gasteiger partial charge in [-0.15, -0.1) is 11.6 Å². The van der Waals surface area contributed by atoms with Gasteiger partial charge in [0.05, 0.1) is 12.0 Å². The SMILES string of the molecule is CC(=O)C(CCl)c1ccc([N+](=O)[O-])o1. The molecular formula is C8H8ClNO4. The minimum atomic E-state index is -0.658. The van der Waals surface area contributed by atoms with Gasteiger partial charge in [0.2, 0.25) is 0 Å². The number of carbonyl (C=O) groups excluding carboxylic acids is 1. The summed E-state index contributed by atoms with van der Waals surface area (Å²) in [5, 5.41) is 10.3. The highest BCUT2D eigenvalue weighted by Crippen LogP contribution is 2.24. The van der Waals surface area contributed by atoms with E-state index in [1.54, 1.807) is 0 Å². The lowest BCUT2D eigenvalue weighted by molar-refractivity contribution is -0.402. The molecule has 0 aliphatic rings. The summed E-state index contributed by atoms with van der Waals surface area (Å²) in [6, 6.07) is 2.60. The van der Waals surface area contributed by atoms with Crippen LogP contribution in [-0.2, 0) is 4.79 Å².